The molecule has 0 aliphatic carbocycles. The van der Waals surface area contributed by atoms with Crippen LogP contribution in [0.2, 0.25) is 0 Å². The van der Waals surface area contributed by atoms with Gasteiger partial charge in [0.25, 0.3) is 0 Å². The minimum Gasteiger partial charge on any atom is -0.335 e. The van der Waals surface area contributed by atoms with Crippen LogP contribution < -0.4 is 15.5 Å². The Morgan fingerprint density at radius 1 is 0.542 bits per heavy atom. The van der Waals surface area contributed by atoms with E-state index in [0.29, 0.717) is 6.54 Å². The van der Waals surface area contributed by atoms with E-state index in [1.54, 1.807) is 0 Å². The van der Waals surface area contributed by atoms with E-state index >= 15 is 0 Å². The van der Waals surface area contributed by atoms with E-state index in [1.165, 1.54) is 27.8 Å². The average Bonchev–Trinajstić information content (AvgIpc) is 3.62. The van der Waals surface area contributed by atoms with Crippen LogP contribution in [0.4, 0.5) is 5.95 Å². The van der Waals surface area contributed by atoms with Crippen molar-refractivity contribution >= 4 is 5.95 Å². The summed E-state index contributed by atoms with van der Waals surface area (Å²) in [4.78, 5) is 2.30. The molecule has 5 aromatic carbocycles. The number of anilines is 1. The molecule has 6 rings (SSSR count). The molecule has 0 spiro atoms. The van der Waals surface area contributed by atoms with Crippen molar-refractivity contribution in [3.05, 3.63) is 179 Å². The Hall–Kier alpha value is -5.11. The number of unbranched alkanes of at least 4 members (excludes halogenated alkanes) is 1. The highest BCUT2D eigenvalue weighted by molar-refractivity contribution is 5.49. The molecule has 0 fully saturated rings. The van der Waals surface area contributed by atoms with Crippen molar-refractivity contribution < 1.29 is 0 Å². The summed E-state index contributed by atoms with van der Waals surface area (Å²) in [5.74, 6) is 0.806. The summed E-state index contributed by atoms with van der Waals surface area (Å²) < 4.78 is 1.91. The largest absolute Gasteiger partial charge is 0.335 e. The highest BCUT2D eigenvalue weighted by Gasteiger charge is 2.35. The fourth-order valence-electron chi connectivity index (χ4n) is 6.38. The van der Waals surface area contributed by atoms with Crippen molar-refractivity contribution in [1.82, 2.24) is 30.8 Å². The molecule has 2 N–H and O–H groups in total. The monoisotopic (exact) mass is 635 g/mol. The quantitative estimate of drug-likeness (QED) is 0.0778. The van der Waals surface area contributed by atoms with Crippen LogP contribution in [-0.4, -0.2) is 46.4 Å². The standard InChI is InChI=1S/C41H45N7/c1-6-19-35(20-7-1)33-47(40-44-45-46-48(40)34-36-21-8-2-9-22-36)32-17-16-29-42-30-18-31-43-41(37-23-10-3-11-24-37,38-25-12-4-13-26-38)39-27-14-5-15-28-39/h1-15,19-28,42-43H,16-18,29-34H2. The predicted octanol–water partition coefficient (Wildman–Crippen LogP) is 7.07. The van der Waals surface area contributed by atoms with Gasteiger partial charge in [-0.05, 0) is 77.1 Å². The van der Waals surface area contributed by atoms with Crippen LogP contribution >= 0.6 is 0 Å². The van der Waals surface area contributed by atoms with Gasteiger partial charge in [0, 0.05) is 13.1 Å². The van der Waals surface area contributed by atoms with Crippen molar-refractivity contribution in [2.75, 3.05) is 31.1 Å². The Balaban J connectivity index is 1.03. The van der Waals surface area contributed by atoms with Crippen LogP contribution in [0.5, 0.6) is 0 Å². The zero-order chi connectivity index (χ0) is 32.7. The summed E-state index contributed by atoms with van der Waals surface area (Å²) in [6.07, 6.45) is 3.12. The molecule has 7 nitrogen and oxygen atoms in total. The molecule has 0 unspecified atom stereocenters. The summed E-state index contributed by atoms with van der Waals surface area (Å²) in [5.41, 5.74) is 5.72. The van der Waals surface area contributed by atoms with Gasteiger partial charge in [-0.3, -0.25) is 5.32 Å². The third-order valence-electron chi connectivity index (χ3n) is 8.76. The molecule has 1 heterocycles. The molecule has 0 bridgehead atoms. The van der Waals surface area contributed by atoms with Crippen LogP contribution in [0.15, 0.2) is 152 Å². The highest BCUT2D eigenvalue weighted by atomic mass is 15.6. The van der Waals surface area contributed by atoms with E-state index in [-0.39, 0.29) is 0 Å². The molecular weight excluding hydrogens is 591 g/mol. The second kappa shape index (κ2) is 17.2. The van der Waals surface area contributed by atoms with E-state index in [2.05, 4.69) is 177 Å². The van der Waals surface area contributed by atoms with Gasteiger partial charge in [0.1, 0.15) is 0 Å². The second-order valence-corrected chi connectivity index (χ2v) is 12.1. The van der Waals surface area contributed by atoms with E-state index in [0.717, 1.165) is 57.9 Å². The summed E-state index contributed by atoms with van der Waals surface area (Å²) in [6, 6.07) is 53.3. The van der Waals surface area contributed by atoms with Gasteiger partial charge >= 0.3 is 0 Å². The van der Waals surface area contributed by atoms with Gasteiger partial charge in [0.2, 0.25) is 5.95 Å². The number of benzene rings is 5. The predicted molar refractivity (Wildman–Crippen MR) is 195 cm³/mol. The Morgan fingerprint density at radius 3 is 1.60 bits per heavy atom. The first-order valence-corrected chi connectivity index (χ1v) is 17.0. The lowest BCUT2D eigenvalue weighted by Crippen LogP contribution is -2.45. The molecule has 1 aromatic heterocycles. The molecular formula is C41H45N7. The van der Waals surface area contributed by atoms with Gasteiger partial charge in [0.15, 0.2) is 0 Å². The normalized spacial score (nSPS) is 11.4. The number of nitrogens with zero attached hydrogens (tertiary/aromatic N) is 5. The maximum Gasteiger partial charge on any atom is 0.246 e. The maximum absolute atomic E-state index is 4.45. The fraction of sp³-hybridized carbons (Fsp3) is 0.244. The van der Waals surface area contributed by atoms with E-state index in [9.17, 15) is 0 Å². The molecule has 6 aromatic rings. The third-order valence-corrected chi connectivity index (χ3v) is 8.76. The Bertz CT molecular complexity index is 1650. The van der Waals surface area contributed by atoms with E-state index in [4.69, 9.17) is 0 Å². The van der Waals surface area contributed by atoms with Gasteiger partial charge in [-0.15, -0.1) is 0 Å². The van der Waals surface area contributed by atoms with Crippen molar-refractivity contribution in [2.45, 2.75) is 37.9 Å². The SMILES string of the molecule is c1ccc(CN(CCCCNCCCNC(c2ccccc2)(c2ccccc2)c2ccccc2)c2nnnn2Cc2ccccc2)cc1. The second-order valence-electron chi connectivity index (χ2n) is 12.1. The molecule has 7 heteroatoms. The molecule has 0 aliphatic rings. The topological polar surface area (TPSA) is 70.9 Å². The van der Waals surface area contributed by atoms with Gasteiger partial charge in [0.05, 0.1) is 12.1 Å². The number of nitrogens with one attached hydrogen (secondary N) is 2. The number of aromatic nitrogens is 4. The maximum atomic E-state index is 4.45. The van der Waals surface area contributed by atoms with Crippen LogP contribution in [-0.2, 0) is 18.6 Å². The summed E-state index contributed by atoms with van der Waals surface area (Å²) in [5, 5.41) is 20.5. The van der Waals surface area contributed by atoms with Crippen LogP contribution in [0.25, 0.3) is 0 Å². The lowest BCUT2D eigenvalue weighted by Gasteiger charge is -2.37. The minimum atomic E-state index is -0.429. The smallest absolute Gasteiger partial charge is 0.246 e. The van der Waals surface area contributed by atoms with Crippen molar-refractivity contribution in [3.8, 4) is 0 Å². The van der Waals surface area contributed by atoms with Gasteiger partial charge < -0.3 is 10.2 Å². The average molecular weight is 636 g/mol. The summed E-state index contributed by atoms with van der Waals surface area (Å²) in [7, 11) is 0. The fourth-order valence-corrected chi connectivity index (χ4v) is 6.38. The molecule has 48 heavy (non-hydrogen) atoms. The molecule has 0 amide bonds. The number of rotatable bonds is 18. The van der Waals surface area contributed by atoms with Crippen LogP contribution in [0, 0.1) is 0 Å². The lowest BCUT2D eigenvalue weighted by atomic mass is 9.77. The number of hydrogen-bond acceptors (Lipinski definition) is 6. The Morgan fingerprint density at radius 2 is 1.04 bits per heavy atom. The van der Waals surface area contributed by atoms with Crippen LogP contribution in [0.1, 0.15) is 47.1 Å². The summed E-state index contributed by atoms with van der Waals surface area (Å²) >= 11 is 0. The highest BCUT2D eigenvalue weighted by Crippen LogP contribution is 2.36. The van der Waals surface area contributed by atoms with E-state index in [1.807, 2.05) is 10.7 Å². The van der Waals surface area contributed by atoms with Crippen molar-refractivity contribution in [3.63, 3.8) is 0 Å². The van der Waals surface area contributed by atoms with E-state index < -0.39 is 5.54 Å². The van der Waals surface area contributed by atoms with Gasteiger partial charge in [-0.1, -0.05) is 157 Å². The molecule has 0 atom stereocenters. The molecule has 0 saturated heterocycles. The van der Waals surface area contributed by atoms with Gasteiger partial charge in [-0.25, -0.2) is 4.68 Å². The summed E-state index contributed by atoms with van der Waals surface area (Å²) in [6.45, 7) is 5.08. The third kappa shape index (κ3) is 8.42. The Labute approximate surface area is 284 Å². The van der Waals surface area contributed by atoms with Crippen molar-refractivity contribution in [2.24, 2.45) is 0 Å². The zero-order valence-corrected chi connectivity index (χ0v) is 27.5. The first-order valence-electron chi connectivity index (χ1n) is 17.0. The van der Waals surface area contributed by atoms with Gasteiger partial charge in [-0.2, -0.15) is 0 Å². The van der Waals surface area contributed by atoms with Crippen LogP contribution in [0.3, 0.4) is 0 Å². The molecule has 0 saturated carbocycles. The zero-order valence-electron chi connectivity index (χ0n) is 27.5. The first-order chi connectivity index (χ1) is 23.8. The lowest BCUT2D eigenvalue weighted by molar-refractivity contribution is 0.458. The van der Waals surface area contributed by atoms with Crippen molar-refractivity contribution in [1.29, 1.82) is 0 Å². The number of tetrazole rings is 1. The first kappa shape index (κ1) is 32.8. The molecule has 0 radical (unpaired) electrons. The minimum absolute atomic E-state index is 0.429. The molecule has 0 aliphatic heterocycles. The Kier molecular flexibility index (Phi) is 11.7. The number of hydrogen-bond donors (Lipinski definition) is 2. The molecule has 244 valence electrons.